The van der Waals surface area contributed by atoms with E-state index < -0.39 is 12.1 Å². The van der Waals surface area contributed by atoms with Crippen LogP contribution in [-0.2, 0) is 16.0 Å². The van der Waals surface area contributed by atoms with Crippen molar-refractivity contribution in [1.82, 2.24) is 0 Å². The molecule has 1 unspecified atom stereocenters. The highest BCUT2D eigenvalue weighted by molar-refractivity contribution is 6.09. The van der Waals surface area contributed by atoms with Crippen LogP contribution in [0.2, 0.25) is 0 Å². The summed E-state index contributed by atoms with van der Waals surface area (Å²) in [6.07, 6.45) is 0.852. The number of unbranched alkanes of at least 4 members (excludes halogenated alkanes) is 1. The van der Waals surface area contributed by atoms with E-state index in [0.29, 0.717) is 36.3 Å². The molecule has 3 aromatic carbocycles. The van der Waals surface area contributed by atoms with Gasteiger partial charge in [-0.3, -0.25) is 4.79 Å². The molecule has 3 aromatic rings. The van der Waals surface area contributed by atoms with Crippen molar-refractivity contribution >= 4 is 11.8 Å². The summed E-state index contributed by atoms with van der Waals surface area (Å²) in [5.41, 5.74) is 2.67. The first-order chi connectivity index (χ1) is 16.5. The number of rotatable bonds is 10. The third-order valence-electron chi connectivity index (χ3n) is 5.11. The molecule has 1 atom stereocenters. The van der Waals surface area contributed by atoms with Crippen molar-refractivity contribution in [1.29, 1.82) is 0 Å². The molecule has 0 saturated carbocycles. The molecule has 0 heterocycles. The molecular weight excluding hydrogens is 435 g/mol. The second-order valence-electron chi connectivity index (χ2n) is 7.58. The second kappa shape index (κ2) is 12.3. The van der Waals surface area contributed by atoms with Gasteiger partial charge in [0.25, 0.3) is 0 Å². The summed E-state index contributed by atoms with van der Waals surface area (Å²) in [7, 11) is 1.38. The molecule has 1 N–H and O–H groups in total. The summed E-state index contributed by atoms with van der Waals surface area (Å²) in [5, 5.41) is 9.05. The highest BCUT2D eigenvalue weighted by Crippen LogP contribution is 2.16. The Balaban J connectivity index is 1.41. The molecule has 0 amide bonds. The lowest BCUT2D eigenvalue weighted by Crippen LogP contribution is -2.24. The first kappa shape index (κ1) is 24.7. The highest BCUT2D eigenvalue weighted by atomic mass is 19.1. The number of hydrogen-bond acceptors (Lipinski definition) is 4. The first-order valence-corrected chi connectivity index (χ1v) is 10.8. The fourth-order valence-electron chi connectivity index (χ4n) is 3.20. The van der Waals surface area contributed by atoms with Crippen LogP contribution in [0.4, 0.5) is 4.39 Å². The van der Waals surface area contributed by atoms with Gasteiger partial charge in [0.15, 0.2) is 11.9 Å². The summed E-state index contributed by atoms with van der Waals surface area (Å²) >= 11 is 0. The Bertz CT molecular complexity index is 1160. The van der Waals surface area contributed by atoms with Crippen LogP contribution >= 0.6 is 0 Å². The number of hydrogen-bond donors (Lipinski definition) is 1. The van der Waals surface area contributed by atoms with Crippen molar-refractivity contribution in [3.8, 4) is 17.6 Å². The van der Waals surface area contributed by atoms with Crippen LogP contribution in [-0.4, -0.2) is 36.7 Å². The smallest absolute Gasteiger partial charge is 0.333 e. The average Bonchev–Trinajstić information content (AvgIpc) is 2.85. The number of aliphatic carboxylic acids is 1. The van der Waals surface area contributed by atoms with Gasteiger partial charge in [0.2, 0.25) is 0 Å². The molecule has 0 aliphatic heterocycles. The van der Waals surface area contributed by atoms with E-state index in [-0.39, 0.29) is 11.6 Å². The van der Waals surface area contributed by atoms with E-state index in [1.54, 1.807) is 24.3 Å². The molecule has 6 heteroatoms. The van der Waals surface area contributed by atoms with Crippen molar-refractivity contribution in [3.05, 3.63) is 101 Å². The zero-order valence-corrected chi connectivity index (χ0v) is 18.8. The van der Waals surface area contributed by atoms with Gasteiger partial charge < -0.3 is 14.6 Å². The van der Waals surface area contributed by atoms with E-state index >= 15 is 0 Å². The largest absolute Gasteiger partial charge is 0.494 e. The molecule has 5 nitrogen and oxygen atoms in total. The molecule has 0 radical (unpaired) electrons. The molecule has 34 heavy (non-hydrogen) atoms. The van der Waals surface area contributed by atoms with E-state index in [4.69, 9.17) is 14.6 Å². The minimum absolute atomic E-state index is 0.171. The molecule has 3 rings (SSSR count). The standard InChI is InChI=1S/C28H25FO5/c1-33-26(28(31)32)19-21-8-6-20(7-9-21)5-3-2-4-18-34-25-16-12-23(13-17-25)27(30)22-10-14-24(29)15-11-22/h6-17,26H,2,4,18-19H2,1H3,(H,31,32). The monoisotopic (exact) mass is 460 g/mol. The number of benzene rings is 3. The number of ether oxygens (including phenoxy) is 2. The molecule has 0 aliphatic carbocycles. The normalized spacial score (nSPS) is 11.2. The van der Waals surface area contributed by atoms with E-state index in [2.05, 4.69) is 11.8 Å². The van der Waals surface area contributed by atoms with E-state index in [1.165, 1.54) is 31.4 Å². The number of carbonyl (C=O) groups is 2. The fourth-order valence-corrected chi connectivity index (χ4v) is 3.20. The van der Waals surface area contributed by atoms with Gasteiger partial charge in [0, 0.05) is 36.6 Å². The second-order valence-corrected chi connectivity index (χ2v) is 7.58. The Morgan fingerprint density at radius 2 is 1.56 bits per heavy atom. The number of ketones is 1. The maximum Gasteiger partial charge on any atom is 0.333 e. The van der Waals surface area contributed by atoms with Crippen LogP contribution in [0.1, 0.15) is 39.9 Å². The van der Waals surface area contributed by atoms with Crippen LogP contribution in [0.15, 0.2) is 72.8 Å². The zero-order chi connectivity index (χ0) is 24.3. The maximum absolute atomic E-state index is 13.0. The molecular formula is C28H25FO5. The van der Waals surface area contributed by atoms with E-state index in [9.17, 15) is 14.0 Å². The summed E-state index contributed by atoms with van der Waals surface area (Å²) in [4.78, 5) is 23.5. The molecule has 0 saturated heterocycles. The Labute approximate surface area is 198 Å². The van der Waals surface area contributed by atoms with Gasteiger partial charge in [-0.15, -0.1) is 0 Å². The van der Waals surface area contributed by atoms with Crippen LogP contribution in [0.3, 0.4) is 0 Å². The predicted molar refractivity (Wildman–Crippen MR) is 126 cm³/mol. The van der Waals surface area contributed by atoms with Crippen LogP contribution in [0.5, 0.6) is 5.75 Å². The summed E-state index contributed by atoms with van der Waals surface area (Å²) in [6, 6.07) is 19.8. The Morgan fingerprint density at radius 1 is 0.941 bits per heavy atom. The Morgan fingerprint density at radius 3 is 2.15 bits per heavy atom. The number of halogens is 1. The highest BCUT2D eigenvalue weighted by Gasteiger charge is 2.16. The molecule has 0 aliphatic rings. The van der Waals surface area contributed by atoms with Crippen molar-refractivity contribution in [2.45, 2.75) is 25.4 Å². The fraction of sp³-hybridized carbons (Fsp3) is 0.214. The third kappa shape index (κ3) is 7.29. The SMILES string of the molecule is COC(Cc1ccc(C#CCCCOc2ccc(C(=O)c3ccc(F)cc3)cc2)cc1)C(=O)O. The van der Waals surface area contributed by atoms with E-state index in [0.717, 1.165) is 17.5 Å². The third-order valence-corrected chi connectivity index (χ3v) is 5.11. The van der Waals surface area contributed by atoms with Crippen molar-refractivity contribution in [3.63, 3.8) is 0 Å². The minimum Gasteiger partial charge on any atom is -0.494 e. The molecule has 0 fully saturated rings. The predicted octanol–water partition coefficient (Wildman–Crippen LogP) is 4.91. The van der Waals surface area contributed by atoms with Crippen molar-refractivity contribution in [2.75, 3.05) is 13.7 Å². The van der Waals surface area contributed by atoms with Gasteiger partial charge in [-0.25, -0.2) is 9.18 Å². The quantitative estimate of drug-likeness (QED) is 0.264. The Kier molecular flexibility index (Phi) is 8.96. The summed E-state index contributed by atoms with van der Waals surface area (Å²) in [6.45, 7) is 0.493. The van der Waals surface area contributed by atoms with Gasteiger partial charge in [-0.1, -0.05) is 24.0 Å². The topological polar surface area (TPSA) is 72.8 Å². The average molecular weight is 461 g/mol. The first-order valence-electron chi connectivity index (χ1n) is 10.8. The summed E-state index contributed by atoms with van der Waals surface area (Å²) in [5.74, 6) is 5.32. The van der Waals surface area contributed by atoms with E-state index in [1.807, 2.05) is 24.3 Å². The zero-order valence-electron chi connectivity index (χ0n) is 18.8. The van der Waals surface area contributed by atoms with Crippen LogP contribution in [0.25, 0.3) is 0 Å². The number of carboxylic acids is 1. The molecule has 0 bridgehead atoms. The lowest BCUT2D eigenvalue weighted by Gasteiger charge is -2.10. The Hall–Kier alpha value is -3.95. The number of carboxylic acid groups (broad SMARTS) is 1. The van der Waals surface area contributed by atoms with Gasteiger partial charge in [-0.2, -0.15) is 0 Å². The lowest BCUT2D eigenvalue weighted by atomic mass is 10.0. The van der Waals surface area contributed by atoms with Crippen LogP contribution < -0.4 is 4.74 Å². The van der Waals surface area contributed by atoms with Crippen LogP contribution in [0, 0.1) is 17.7 Å². The molecule has 0 spiro atoms. The lowest BCUT2D eigenvalue weighted by molar-refractivity contribution is -0.148. The summed E-state index contributed by atoms with van der Waals surface area (Å²) < 4.78 is 23.7. The van der Waals surface area contributed by atoms with Crippen molar-refractivity contribution in [2.24, 2.45) is 0 Å². The van der Waals surface area contributed by atoms with Gasteiger partial charge in [0.05, 0.1) is 6.61 Å². The molecule has 174 valence electrons. The minimum atomic E-state index is -0.983. The van der Waals surface area contributed by atoms with Gasteiger partial charge in [0.1, 0.15) is 11.6 Å². The number of carbonyl (C=O) groups excluding carboxylic acids is 1. The number of methoxy groups -OCH3 is 1. The van der Waals surface area contributed by atoms with Gasteiger partial charge in [-0.05, 0) is 72.6 Å². The molecule has 0 aromatic heterocycles. The van der Waals surface area contributed by atoms with Crippen molar-refractivity contribution < 1.29 is 28.6 Å². The maximum atomic E-state index is 13.0. The van der Waals surface area contributed by atoms with Gasteiger partial charge >= 0.3 is 5.97 Å².